The standard InChI is InChI=1S/C45H57N5O7S2/c1-56-37-15-17-38-40(28-37)33(19-26-58(52,53)50-20-8-13-36-30-47(31-42(36)50)29-32-9-4-2-5-10-32)18-21-49-41-27-35(45(51)46-59(54,55)48-22-24-57-25-23-48)14-16-39(41)43(44(38)49)34-11-6-3-7-12-34/h2,4-5,9-10,14-17,27-28,33-34,36,42H,3,6-8,11-13,18-26,29-31H2,1H3,(H,46,51)/t33?,36-,42+/m0/s1. The van der Waals surface area contributed by atoms with Gasteiger partial charge in [0.25, 0.3) is 5.91 Å². The van der Waals surface area contributed by atoms with Gasteiger partial charge in [0, 0.05) is 73.9 Å². The average molecular weight is 844 g/mol. The summed E-state index contributed by atoms with van der Waals surface area (Å²) in [6, 6.07) is 22.3. The molecule has 0 radical (unpaired) electrons. The molecule has 3 aromatic carbocycles. The summed E-state index contributed by atoms with van der Waals surface area (Å²) in [5.74, 6) is 0.769. The van der Waals surface area contributed by atoms with Gasteiger partial charge in [0.15, 0.2) is 0 Å². The number of hydrogen-bond donors (Lipinski definition) is 1. The third-order valence-electron chi connectivity index (χ3n) is 13.7. The highest BCUT2D eigenvalue weighted by molar-refractivity contribution is 7.89. The van der Waals surface area contributed by atoms with Crippen molar-refractivity contribution in [3.8, 4) is 17.0 Å². The van der Waals surface area contributed by atoms with Crippen LogP contribution in [0, 0.1) is 5.92 Å². The Bertz CT molecular complexity index is 2390. The molecule has 4 fully saturated rings. The normalized spacial score (nSPS) is 23.6. The van der Waals surface area contributed by atoms with Crippen molar-refractivity contribution < 1.29 is 31.1 Å². The first-order valence-corrected chi connectivity index (χ1v) is 24.6. The summed E-state index contributed by atoms with van der Waals surface area (Å²) >= 11 is 0. The number of nitrogens with zero attached hydrogens (tertiary/aromatic N) is 4. The number of sulfonamides is 1. The Morgan fingerprint density at radius 2 is 1.64 bits per heavy atom. The van der Waals surface area contributed by atoms with Gasteiger partial charge in [0.2, 0.25) is 10.0 Å². The Morgan fingerprint density at radius 3 is 2.42 bits per heavy atom. The molecule has 3 atom stereocenters. The number of aryl methyl sites for hydroxylation is 1. The van der Waals surface area contributed by atoms with E-state index in [9.17, 15) is 21.6 Å². The number of carbonyl (C=O) groups excluding carboxylic acids is 1. The fourth-order valence-electron chi connectivity index (χ4n) is 10.8. The molecule has 1 aromatic heterocycles. The highest BCUT2D eigenvalue weighted by Crippen LogP contribution is 2.49. The fraction of sp³-hybridized carbons (Fsp3) is 0.533. The molecular weight excluding hydrogens is 787 g/mol. The minimum atomic E-state index is -4.04. The van der Waals surface area contributed by atoms with Crippen molar-refractivity contribution in [2.75, 3.05) is 58.8 Å². The van der Waals surface area contributed by atoms with E-state index in [0.717, 1.165) is 91.6 Å². The molecule has 1 N–H and O–H groups in total. The molecule has 14 heteroatoms. The molecule has 316 valence electrons. The van der Waals surface area contributed by atoms with E-state index < -0.39 is 26.1 Å². The molecule has 59 heavy (non-hydrogen) atoms. The molecule has 5 aliphatic rings. The van der Waals surface area contributed by atoms with Crippen LogP contribution < -0.4 is 9.46 Å². The summed E-state index contributed by atoms with van der Waals surface area (Å²) in [4.78, 5) is 16.1. The maximum absolute atomic E-state index is 14.4. The summed E-state index contributed by atoms with van der Waals surface area (Å²) in [5.41, 5.74) is 7.00. The number of benzene rings is 3. The number of carbonyl (C=O) groups is 1. The smallest absolute Gasteiger partial charge is 0.304 e. The van der Waals surface area contributed by atoms with Gasteiger partial charge >= 0.3 is 10.2 Å². The van der Waals surface area contributed by atoms with Crippen LogP contribution in [0.1, 0.15) is 96.7 Å². The van der Waals surface area contributed by atoms with Gasteiger partial charge in [-0.2, -0.15) is 17.0 Å². The number of ether oxygens (including phenoxy) is 2. The van der Waals surface area contributed by atoms with Gasteiger partial charge in [0.1, 0.15) is 5.75 Å². The first-order chi connectivity index (χ1) is 28.6. The molecule has 1 amide bonds. The molecule has 12 nitrogen and oxygen atoms in total. The van der Waals surface area contributed by atoms with Crippen LogP contribution in [0.3, 0.4) is 0 Å². The zero-order valence-corrected chi connectivity index (χ0v) is 35.7. The van der Waals surface area contributed by atoms with Crippen molar-refractivity contribution in [1.29, 1.82) is 0 Å². The van der Waals surface area contributed by atoms with E-state index in [4.69, 9.17) is 9.47 Å². The van der Waals surface area contributed by atoms with E-state index in [1.807, 2.05) is 28.6 Å². The van der Waals surface area contributed by atoms with E-state index in [1.165, 1.54) is 21.9 Å². The minimum Gasteiger partial charge on any atom is -0.497 e. The van der Waals surface area contributed by atoms with Crippen molar-refractivity contribution in [1.82, 2.24) is 22.8 Å². The second-order valence-corrected chi connectivity index (χ2v) is 20.9. The van der Waals surface area contributed by atoms with Crippen LogP contribution in [0.4, 0.5) is 0 Å². The van der Waals surface area contributed by atoms with E-state index >= 15 is 0 Å². The average Bonchev–Trinajstić information content (AvgIpc) is 3.77. The Labute approximate surface area is 349 Å². The number of piperidine rings is 1. The molecule has 9 rings (SSSR count). The Kier molecular flexibility index (Phi) is 11.7. The molecule has 4 aromatic rings. The van der Waals surface area contributed by atoms with Crippen molar-refractivity contribution >= 4 is 37.0 Å². The Hall–Kier alpha value is -3.79. The lowest BCUT2D eigenvalue weighted by atomic mass is 9.80. The van der Waals surface area contributed by atoms with Gasteiger partial charge in [-0.15, -0.1) is 0 Å². The highest BCUT2D eigenvalue weighted by atomic mass is 32.2. The van der Waals surface area contributed by atoms with E-state index in [2.05, 4.69) is 50.6 Å². The van der Waals surface area contributed by atoms with Gasteiger partial charge < -0.3 is 14.0 Å². The second-order valence-electron chi connectivity index (χ2n) is 17.2. The molecule has 4 aliphatic heterocycles. The van der Waals surface area contributed by atoms with Crippen LogP contribution in [0.5, 0.6) is 5.75 Å². The lowest BCUT2D eigenvalue weighted by Crippen LogP contribution is -2.49. The van der Waals surface area contributed by atoms with Crippen molar-refractivity contribution in [2.24, 2.45) is 5.92 Å². The Balaban J connectivity index is 1.02. The highest BCUT2D eigenvalue weighted by Gasteiger charge is 2.44. The van der Waals surface area contributed by atoms with E-state index in [1.54, 1.807) is 13.2 Å². The first kappa shape index (κ1) is 40.6. The lowest BCUT2D eigenvalue weighted by Gasteiger charge is -2.36. The fourth-order valence-corrected chi connectivity index (χ4v) is 13.8. The molecule has 0 bridgehead atoms. The van der Waals surface area contributed by atoms with E-state index in [-0.39, 0.29) is 49.6 Å². The molecular formula is C45H57N5O7S2. The quantitative estimate of drug-likeness (QED) is 0.182. The van der Waals surface area contributed by atoms with Crippen LogP contribution in [0.25, 0.3) is 22.2 Å². The van der Waals surface area contributed by atoms with Gasteiger partial charge in [-0.1, -0.05) is 55.7 Å². The number of nitrogens with one attached hydrogen (secondary N) is 1. The zero-order chi connectivity index (χ0) is 40.7. The number of rotatable bonds is 11. The van der Waals surface area contributed by atoms with Gasteiger partial charge in [-0.3, -0.25) is 9.69 Å². The molecule has 5 heterocycles. The second kappa shape index (κ2) is 16.9. The molecule has 1 unspecified atom stereocenters. The molecule has 3 saturated heterocycles. The van der Waals surface area contributed by atoms with Crippen LogP contribution in [0.15, 0.2) is 66.7 Å². The van der Waals surface area contributed by atoms with Gasteiger partial charge in [-0.05, 0) is 103 Å². The predicted molar refractivity (Wildman–Crippen MR) is 229 cm³/mol. The largest absolute Gasteiger partial charge is 0.497 e. The topological polar surface area (TPSA) is 130 Å². The van der Waals surface area contributed by atoms with Crippen LogP contribution in [-0.2, 0) is 38.1 Å². The van der Waals surface area contributed by atoms with Crippen molar-refractivity contribution in [2.45, 2.75) is 88.8 Å². The molecule has 1 aliphatic carbocycles. The van der Waals surface area contributed by atoms with Crippen LogP contribution >= 0.6 is 0 Å². The molecule has 1 saturated carbocycles. The minimum absolute atomic E-state index is 0.000550. The lowest BCUT2D eigenvalue weighted by molar-refractivity contribution is 0.0719. The summed E-state index contributed by atoms with van der Waals surface area (Å²) in [6.45, 7) is 4.67. The number of amides is 1. The summed E-state index contributed by atoms with van der Waals surface area (Å²) < 4.78 is 74.1. The monoisotopic (exact) mass is 843 g/mol. The maximum atomic E-state index is 14.4. The summed E-state index contributed by atoms with van der Waals surface area (Å²) in [5, 5.41) is 1.08. The predicted octanol–water partition coefficient (Wildman–Crippen LogP) is 6.48. The third kappa shape index (κ3) is 8.20. The SMILES string of the molecule is COc1ccc2c(c1)C(CCS(=O)(=O)N1CCC[C@H]3CN(Cc4ccccc4)C[C@H]31)CCn1c-2c(C2CCCCC2)c2ccc(C(=O)NS(=O)(=O)N3CCOCC3)cc21. The van der Waals surface area contributed by atoms with E-state index in [0.29, 0.717) is 37.8 Å². The van der Waals surface area contributed by atoms with Crippen LogP contribution in [-0.4, -0.2) is 106 Å². The number of methoxy groups -OCH3 is 1. The zero-order valence-electron chi connectivity index (χ0n) is 34.1. The van der Waals surface area contributed by atoms with Crippen molar-refractivity contribution in [3.63, 3.8) is 0 Å². The van der Waals surface area contributed by atoms with Crippen molar-refractivity contribution in [3.05, 3.63) is 89.0 Å². The third-order valence-corrected chi connectivity index (χ3v) is 17.1. The number of morpholine rings is 1. The number of hydrogen-bond acceptors (Lipinski definition) is 8. The first-order valence-electron chi connectivity index (χ1n) is 21.6. The molecule has 0 spiro atoms. The summed E-state index contributed by atoms with van der Waals surface area (Å²) in [6.07, 6.45) is 8.77. The summed E-state index contributed by atoms with van der Waals surface area (Å²) in [7, 11) is -5.92. The van der Waals surface area contributed by atoms with Gasteiger partial charge in [0.05, 0.1) is 31.8 Å². The van der Waals surface area contributed by atoms with Crippen LogP contribution in [0.2, 0.25) is 0 Å². The number of fused-ring (bicyclic) bond motifs is 6. The van der Waals surface area contributed by atoms with Gasteiger partial charge in [-0.25, -0.2) is 13.1 Å². The maximum Gasteiger partial charge on any atom is 0.304 e. The number of likely N-dealkylation sites (tertiary alicyclic amines) is 1. The number of aromatic nitrogens is 1. The Morgan fingerprint density at radius 1 is 0.847 bits per heavy atom.